The summed E-state index contributed by atoms with van der Waals surface area (Å²) in [5.74, 6) is -1.52. The Labute approximate surface area is 203 Å². The molecule has 3 rings (SSSR count). The van der Waals surface area contributed by atoms with Crippen molar-refractivity contribution in [3.05, 3.63) is 46.3 Å². The van der Waals surface area contributed by atoms with Gasteiger partial charge in [0.2, 0.25) is 0 Å². The number of methoxy groups -OCH3 is 1. The smallest absolute Gasteiger partial charge is 0.408 e. The number of azide groups is 1. The highest BCUT2D eigenvalue weighted by Gasteiger charge is 2.58. The molecule has 0 radical (unpaired) electrons. The number of ether oxygens (including phenoxy) is 6. The molecule has 2 heterocycles. The first kappa shape index (κ1) is 26.7. The molecule has 12 heteroatoms. The zero-order valence-electron chi connectivity index (χ0n) is 20.3. The lowest BCUT2D eigenvalue weighted by atomic mass is 10.1. The fourth-order valence-electron chi connectivity index (χ4n) is 4.12. The van der Waals surface area contributed by atoms with E-state index in [1.807, 2.05) is 44.2 Å². The Hall–Kier alpha value is -2.89. The van der Waals surface area contributed by atoms with Gasteiger partial charge in [-0.05, 0) is 30.9 Å². The van der Waals surface area contributed by atoms with E-state index in [0.29, 0.717) is 12.8 Å². The lowest BCUT2D eigenvalue weighted by molar-refractivity contribution is -0.256. The Morgan fingerprint density at radius 3 is 2.51 bits per heavy atom. The van der Waals surface area contributed by atoms with Crippen LogP contribution < -0.4 is 5.32 Å². The molecule has 1 N–H and O–H groups in total. The summed E-state index contributed by atoms with van der Waals surface area (Å²) in [6.07, 6.45) is -3.12. The lowest BCUT2D eigenvalue weighted by Gasteiger charge is -2.30. The predicted molar refractivity (Wildman–Crippen MR) is 122 cm³/mol. The van der Waals surface area contributed by atoms with E-state index in [0.717, 1.165) is 5.56 Å². The van der Waals surface area contributed by atoms with Gasteiger partial charge in [-0.2, -0.15) is 0 Å². The van der Waals surface area contributed by atoms with Crippen LogP contribution in [-0.2, 0) is 39.8 Å². The summed E-state index contributed by atoms with van der Waals surface area (Å²) in [4.78, 5) is 27.6. The summed E-state index contributed by atoms with van der Waals surface area (Å²) in [7, 11) is 1.21. The van der Waals surface area contributed by atoms with Gasteiger partial charge in [-0.1, -0.05) is 49.3 Å². The van der Waals surface area contributed by atoms with Gasteiger partial charge in [-0.15, -0.1) is 0 Å². The third-order valence-electron chi connectivity index (χ3n) is 6.13. The third-order valence-corrected chi connectivity index (χ3v) is 6.13. The maximum atomic E-state index is 12.4. The molecule has 0 aliphatic carbocycles. The number of amides is 1. The van der Waals surface area contributed by atoms with Gasteiger partial charge in [-0.3, -0.25) is 0 Å². The second-order valence-electron chi connectivity index (χ2n) is 8.29. The largest absolute Gasteiger partial charge is 0.467 e. The molecule has 0 spiro atoms. The van der Waals surface area contributed by atoms with Crippen molar-refractivity contribution in [2.24, 2.45) is 5.11 Å². The van der Waals surface area contributed by atoms with Gasteiger partial charge in [0.05, 0.1) is 25.9 Å². The minimum absolute atomic E-state index is 0.0310. The number of benzene rings is 1. The third kappa shape index (κ3) is 6.41. The number of nitrogens with one attached hydrogen (secondary N) is 1. The molecular formula is C23H32N4O8. The first-order chi connectivity index (χ1) is 16.9. The lowest BCUT2D eigenvalue weighted by Crippen LogP contribution is -2.51. The van der Waals surface area contributed by atoms with Crippen molar-refractivity contribution in [1.29, 1.82) is 0 Å². The number of hydrogen-bond donors (Lipinski definition) is 1. The van der Waals surface area contributed by atoms with Crippen molar-refractivity contribution in [1.82, 2.24) is 5.32 Å². The zero-order chi connectivity index (χ0) is 25.4. The van der Waals surface area contributed by atoms with E-state index in [-0.39, 0.29) is 13.2 Å². The number of esters is 1. The Kier molecular flexibility index (Phi) is 9.30. The van der Waals surface area contributed by atoms with Gasteiger partial charge in [0, 0.05) is 4.91 Å². The second-order valence-corrected chi connectivity index (χ2v) is 8.29. The molecule has 2 fully saturated rings. The van der Waals surface area contributed by atoms with Crippen LogP contribution in [0.25, 0.3) is 10.4 Å². The molecule has 35 heavy (non-hydrogen) atoms. The maximum absolute atomic E-state index is 12.4. The van der Waals surface area contributed by atoms with Crippen LogP contribution in [0.1, 0.15) is 39.2 Å². The zero-order valence-corrected chi connectivity index (χ0v) is 20.3. The van der Waals surface area contributed by atoms with Crippen molar-refractivity contribution in [2.45, 2.75) is 82.8 Å². The van der Waals surface area contributed by atoms with Crippen LogP contribution in [0, 0.1) is 0 Å². The molecule has 0 unspecified atom stereocenters. The van der Waals surface area contributed by atoms with Gasteiger partial charge in [0.1, 0.15) is 18.8 Å². The van der Waals surface area contributed by atoms with Crippen LogP contribution in [0.4, 0.5) is 4.79 Å². The monoisotopic (exact) mass is 492 g/mol. The van der Waals surface area contributed by atoms with Crippen molar-refractivity contribution in [2.75, 3.05) is 13.7 Å². The van der Waals surface area contributed by atoms with Gasteiger partial charge in [0.25, 0.3) is 0 Å². The molecule has 1 aromatic carbocycles. The molecule has 0 saturated carbocycles. The Morgan fingerprint density at radius 1 is 1.20 bits per heavy atom. The average molecular weight is 493 g/mol. The fourth-order valence-corrected chi connectivity index (χ4v) is 4.12. The van der Waals surface area contributed by atoms with Crippen LogP contribution in [0.2, 0.25) is 0 Å². The molecule has 2 saturated heterocycles. The molecular weight excluding hydrogens is 460 g/mol. The Bertz CT molecular complexity index is 906. The number of nitrogens with zero attached hydrogens (tertiary/aromatic N) is 3. The van der Waals surface area contributed by atoms with E-state index in [1.165, 1.54) is 7.11 Å². The topological polar surface area (TPSA) is 150 Å². The number of carbonyl (C=O) groups is 2. The van der Waals surface area contributed by atoms with Crippen LogP contribution in [0.3, 0.4) is 0 Å². The van der Waals surface area contributed by atoms with Gasteiger partial charge >= 0.3 is 12.1 Å². The SMILES string of the molecule is CCC1(CC)O[C@H]2[C@H](O[C@H](C)[C@H](NC(=O)OCc3ccccc3)C(=O)OC)O[C@H](CN=[N+]=[N-])[C@H]2O1. The summed E-state index contributed by atoms with van der Waals surface area (Å²) in [6, 6.07) is 7.96. The summed E-state index contributed by atoms with van der Waals surface area (Å²) in [5, 5.41) is 6.11. The fraction of sp³-hybridized carbons (Fsp3) is 0.652. The molecule has 192 valence electrons. The van der Waals surface area contributed by atoms with Crippen LogP contribution in [0.15, 0.2) is 35.4 Å². The highest BCUT2D eigenvalue weighted by molar-refractivity contribution is 5.81. The van der Waals surface area contributed by atoms with Crippen molar-refractivity contribution in [3.63, 3.8) is 0 Å². The van der Waals surface area contributed by atoms with Crippen LogP contribution in [0.5, 0.6) is 0 Å². The standard InChI is InChI=1S/C23H32N4O8/c1-5-23(6-2)34-18-16(12-25-27-24)33-21(19(18)35-23)32-14(3)17(20(28)30-4)26-22(29)31-13-15-10-8-7-9-11-15/h7-11,14,16-19,21H,5-6,12-13H2,1-4H3,(H,26,29)/t14-,16-,17+,18-,19-,21-/m1/s1. The van der Waals surface area contributed by atoms with E-state index in [1.54, 1.807) is 6.92 Å². The number of alkyl carbamates (subject to hydrolysis) is 1. The number of carbonyl (C=O) groups excluding carboxylic acids is 2. The molecule has 6 atom stereocenters. The summed E-state index contributed by atoms with van der Waals surface area (Å²) < 4.78 is 34.4. The molecule has 2 aliphatic rings. The molecule has 12 nitrogen and oxygen atoms in total. The highest BCUT2D eigenvalue weighted by Crippen LogP contribution is 2.43. The molecule has 0 aromatic heterocycles. The van der Waals surface area contributed by atoms with Crippen LogP contribution in [-0.4, -0.2) is 68.3 Å². The molecule has 0 bridgehead atoms. The molecule has 1 aromatic rings. The van der Waals surface area contributed by atoms with Crippen LogP contribution >= 0.6 is 0 Å². The summed E-state index contributed by atoms with van der Waals surface area (Å²) in [5.41, 5.74) is 9.53. The minimum atomic E-state index is -1.18. The number of rotatable bonds is 11. The average Bonchev–Trinajstić information content (AvgIpc) is 3.41. The van der Waals surface area contributed by atoms with E-state index in [2.05, 4.69) is 15.3 Å². The van der Waals surface area contributed by atoms with Gasteiger partial charge in [-0.25, -0.2) is 9.59 Å². The quantitative estimate of drug-likeness (QED) is 0.214. The van der Waals surface area contributed by atoms with Gasteiger partial charge < -0.3 is 33.7 Å². The predicted octanol–water partition coefficient (Wildman–Crippen LogP) is 3.20. The Morgan fingerprint density at radius 2 is 1.89 bits per heavy atom. The van der Waals surface area contributed by atoms with Crippen molar-refractivity contribution < 1.29 is 38.0 Å². The molecule has 1 amide bonds. The van der Waals surface area contributed by atoms with E-state index >= 15 is 0 Å². The van der Waals surface area contributed by atoms with E-state index < -0.39 is 54.6 Å². The Balaban J connectivity index is 1.67. The number of fused-ring (bicyclic) bond motifs is 1. The minimum Gasteiger partial charge on any atom is -0.467 e. The first-order valence-corrected chi connectivity index (χ1v) is 11.6. The number of hydrogen-bond acceptors (Lipinski definition) is 9. The molecule has 2 aliphatic heterocycles. The van der Waals surface area contributed by atoms with Gasteiger partial charge in [0.15, 0.2) is 18.1 Å². The van der Waals surface area contributed by atoms with E-state index in [9.17, 15) is 9.59 Å². The van der Waals surface area contributed by atoms with Crippen molar-refractivity contribution in [3.8, 4) is 0 Å². The normalized spacial score (nSPS) is 26.2. The van der Waals surface area contributed by atoms with E-state index in [4.69, 9.17) is 34.0 Å². The summed E-state index contributed by atoms with van der Waals surface area (Å²) in [6.45, 7) is 5.56. The van der Waals surface area contributed by atoms with Crippen molar-refractivity contribution >= 4 is 12.1 Å². The highest BCUT2D eigenvalue weighted by atomic mass is 16.8. The summed E-state index contributed by atoms with van der Waals surface area (Å²) >= 11 is 0. The first-order valence-electron chi connectivity index (χ1n) is 11.6. The maximum Gasteiger partial charge on any atom is 0.408 e. The second kappa shape index (κ2) is 12.2.